The molecule has 0 aromatic carbocycles. The Morgan fingerprint density at radius 2 is 2.29 bits per heavy atom. The van der Waals surface area contributed by atoms with E-state index >= 15 is 0 Å². The topological polar surface area (TPSA) is 37.8 Å². The van der Waals surface area contributed by atoms with Crippen molar-refractivity contribution in [2.45, 2.75) is 39.7 Å². The van der Waals surface area contributed by atoms with E-state index in [0.717, 1.165) is 25.1 Å². The molecule has 1 N–H and O–H groups in total. The monoisotopic (exact) mass is 213 g/mol. The largest absolute Gasteiger partial charge is 0.309 e. The van der Waals surface area contributed by atoms with Crippen molar-refractivity contribution in [3.8, 4) is 0 Å². The lowest BCUT2D eigenvalue weighted by atomic mass is 10.0. The summed E-state index contributed by atoms with van der Waals surface area (Å²) in [4.78, 5) is 0. The van der Waals surface area contributed by atoms with Gasteiger partial charge < -0.3 is 5.32 Å². The van der Waals surface area contributed by atoms with Crippen LogP contribution in [0.4, 0.5) is 0 Å². The first-order valence-electron chi connectivity index (χ1n) is 5.24. The van der Waals surface area contributed by atoms with Crippen molar-refractivity contribution in [1.29, 1.82) is 0 Å². The molecule has 1 heterocycles. The molecule has 1 aromatic heterocycles. The van der Waals surface area contributed by atoms with Crippen molar-refractivity contribution < 1.29 is 0 Å². The lowest BCUT2D eigenvalue weighted by Crippen LogP contribution is -2.23. The summed E-state index contributed by atoms with van der Waals surface area (Å²) in [7, 11) is 0. The number of aromatic nitrogens is 2. The van der Waals surface area contributed by atoms with Crippen LogP contribution in [0.15, 0.2) is 6.20 Å². The molecule has 4 heteroatoms. The van der Waals surface area contributed by atoms with Gasteiger partial charge in [-0.15, -0.1) is 0 Å². The third-order valence-corrected chi connectivity index (χ3v) is 2.58. The third-order valence-electron chi connectivity index (χ3n) is 2.08. The van der Waals surface area contributed by atoms with Crippen LogP contribution >= 0.6 is 11.7 Å². The van der Waals surface area contributed by atoms with E-state index in [9.17, 15) is 0 Å². The highest BCUT2D eigenvalue weighted by atomic mass is 32.1. The third kappa shape index (κ3) is 3.72. The van der Waals surface area contributed by atoms with Crippen LogP contribution in [-0.2, 0) is 0 Å². The molecular formula is C10H19N3S. The van der Waals surface area contributed by atoms with Gasteiger partial charge in [0.15, 0.2) is 0 Å². The van der Waals surface area contributed by atoms with Crippen LogP contribution in [0.2, 0.25) is 0 Å². The molecule has 80 valence electrons. The van der Waals surface area contributed by atoms with Gasteiger partial charge in [-0.3, -0.25) is 0 Å². The van der Waals surface area contributed by atoms with Crippen LogP contribution in [0.5, 0.6) is 0 Å². The minimum Gasteiger partial charge on any atom is -0.309 e. The highest BCUT2D eigenvalue weighted by Crippen LogP contribution is 2.19. The zero-order valence-electron chi connectivity index (χ0n) is 9.16. The maximum atomic E-state index is 4.29. The maximum absolute atomic E-state index is 4.29. The minimum atomic E-state index is 0.383. The van der Waals surface area contributed by atoms with Gasteiger partial charge in [0.1, 0.15) is 0 Å². The number of nitrogens with zero attached hydrogens (tertiary/aromatic N) is 2. The Bertz CT molecular complexity index is 234. The average Bonchev–Trinajstić information content (AvgIpc) is 2.64. The molecule has 1 atom stereocenters. The Kier molecular flexibility index (Phi) is 5.04. The molecule has 0 radical (unpaired) electrons. The molecule has 0 aliphatic carbocycles. The first-order chi connectivity index (χ1) is 6.74. The van der Waals surface area contributed by atoms with Gasteiger partial charge in [-0.1, -0.05) is 20.8 Å². The molecule has 14 heavy (non-hydrogen) atoms. The molecule has 1 aromatic rings. The molecule has 0 amide bonds. The second-order valence-electron chi connectivity index (χ2n) is 3.97. The number of nitrogens with one attached hydrogen (secondary N) is 1. The summed E-state index contributed by atoms with van der Waals surface area (Å²) in [5.74, 6) is 0.686. The second-order valence-corrected chi connectivity index (χ2v) is 4.53. The predicted molar refractivity (Wildman–Crippen MR) is 60.4 cm³/mol. The minimum absolute atomic E-state index is 0.383. The second kappa shape index (κ2) is 6.09. The van der Waals surface area contributed by atoms with Crippen LogP contribution < -0.4 is 5.32 Å². The van der Waals surface area contributed by atoms with Gasteiger partial charge in [0, 0.05) is 0 Å². The molecule has 1 rings (SSSR count). The zero-order chi connectivity index (χ0) is 10.4. The quantitative estimate of drug-likeness (QED) is 0.789. The number of rotatable bonds is 6. The van der Waals surface area contributed by atoms with Gasteiger partial charge in [-0.25, -0.2) is 0 Å². The SMILES string of the molecule is CCCNC(CC(C)C)c1cnsn1. The fourth-order valence-electron chi connectivity index (χ4n) is 1.42. The number of hydrogen-bond acceptors (Lipinski definition) is 4. The smallest absolute Gasteiger partial charge is 0.0912 e. The summed E-state index contributed by atoms with van der Waals surface area (Å²) in [6.07, 6.45) is 4.16. The highest BCUT2D eigenvalue weighted by Gasteiger charge is 2.14. The lowest BCUT2D eigenvalue weighted by molar-refractivity contribution is 0.424. The van der Waals surface area contributed by atoms with E-state index in [4.69, 9.17) is 0 Å². The van der Waals surface area contributed by atoms with Crippen LogP contribution in [0.1, 0.15) is 45.3 Å². The van der Waals surface area contributed by atoms with Crippen molar-refractivity contribution in [3.05, 3.63) is 11.9 Å². The Hall–Kier alpha value is -0.480. The first-order valence-corrected chi connectivity index (χ1v) is 5.98. The zero-order valence-corrected chi connectivity index (χ0v) is 9.97. The standard InChI is InChI=1S/C10H19N3S/c1-4-5-11-9(6-8(2)3)10-7-12-14-13-10/h7-9,11H,4-6H2,1-3H3. The van der Waals surface area contributed by atoms with Crippen molar-refractivity contribution in [2.75, 3.05) is 6.54 Å². The summed E-state index contributed by atoms with van der Waals surface area (Å²) in [5.41, 5.74) is 1.09. The molecule has 0 aliphatic heterocycles. The summed E-state index contributed by atoms with van der Waals surface area (Å²) in [5, 5.41) is 3.51. The van der Waals surface area contributed by atoms with Crippen LogP contribution in [0.3, 0.4) is 0 Å². The van der Waals surface area contributed by atoms with Gasteiger partial charge in [0.05, 0.1) is 29.7 Å². The molecule has 0 fully saturated rings. The van der Waals surface area contributed by atoms with Gasteiger partial charge in [-0.05, 0) is 25.3 Å². The van der Waals surface area contributed by atoms with Crippen molar-refractivity contribution in [1.82, 2.24) is 14.1 Å². The van der Waals surface area contributed by atoms with Crippen LogP contribution in [-0.4, -0.2) is 15.3 Å². The molecule has 0 aliphatic rings. The Morgan fingerprint density at radius 3 is 2.79 bits per heavy atom. The van der Waals surface area contributed by atoms with E-state index in [1.54, 1.807) is 0 Å². The molecule has 0 saturated carbocycles. The van der Waals surface area contributed by atoms with E-state index < -0.39 is 0 Å². The fraction of sp³-hybridized carbons (Fsp3) is 0.800. The predicted octanol–water partition coefficient (Wildman–Crippen LogP) is 2.62. The summed E-state index contributed by atoms with van der Waals surface area (Å²) in [6.45, 7) is 7.70. The molecule has 0 spiro atoms. The lowest BCUT2D eigenvalue weighted by Gasteiger charge is -2.17. The van der Waals surface area contributed by atoms with Crippen LogP contribution in [0.25, 0.3) is 0 Å². The maximum Gasteiger partial charge on any atom is 0.0912 e. The van der Waals surface area contributed by atoms with Gasteiger partial charge in [0.2, 0.25) is 0 Å². The summed E-state index contributed by atoms with van der Waals surface area (Å²) in [6, 6.07) is 0.383. The fourth-order valence-corrected chi connectivity index (χ4v) is 1.90. The molecule has 0 bridgehead atoms. The van der Waals surface area contributed by atoms with Crippen molar-refractivity contribution in [2.24, 2.45) is 5.92 Å². The molecule has 1 unspecified atom stereocenters. The Morgan fingerprint density at radius 1 is 1.50 bits per heavy atom. The van der Waals surface area contributed by atoms with Gasteiger partial charge in [0.25, 0.3) is 0 Å². The number of hydrogen-bond donors (Lipinski definition) is 1. The van der Waals surface area contributed by atoms with Gasteiger partial charge >= 0.3 is 0 Å². The summed E-state index contributed by atoms with van der Waals surface area (Å²) >= 11 is 1.29. The summed E-state index contributed by atoms with van der Waals surface area (Å²) < 4.78 is 8.34. The molecular weight excluding hydrogens is 194 g/mol. The van der Waals surface area contributed by atoms with Crippen molar-refractivity contribution in [3.63, 3.8) is 0 Å². The Labute approximate surface area is 90.3 Å². The Balaban J connectivity index is 2.53. The van der Waals surface area contributed by atoms with E-state index in [1.807, 2.05) is 6.20 Å². The average molecular weight is 213 g/mol. The van der Waals surface area contributed by atoms with E-state index in [0.29, 0.717) is 12.0 Å². The highest BCUT2D eigenvalue weighted by molar-refractivity contribution is 6.99. The van der Waals surface area contributed by atoms with Crippen LogP contribution in [0, 0.1) is 5.92 Å². The molecule has 3 nitrogen and oxygen atoms in total. The van der Waals surface area contributed by atoms with E-state index in [2.05, 4.69) is 34.8 Å². The molecule has 0 saturated heterocycles. The van der Waals surface area contributed by atoms with E-state index in [1.165, 1.54) is 11.7 Å². The van der Waals surface area contributed by atoms with Gasteiger partial charge in [-0.2, -0.15) is 8.75 Å². The first kappa shape index (κ1) is 11.6. The van der Waals surface area contributed by atoms with Crippen molar-refractivity contribution >= 4 is 11.7 Å². The van der Waals surface area contributed by atoms with E-state index in [-0.39, 0.29) is 0 Å². The normalized spacial score (nSPS) is 13.4.